The van der Waals surface area contributed by atoms with Crippen LogP contribution < -0.4 is 0 Å². The van der Waals surface area contributed by atoms with E-state index < -0.39 is 0 Å². The van der Waals surface area contributed by atoms with Crippen molar-refractivity contribution in [3.63, 3.8) is 0 Å². The third-order valence-corrected chi connectivity index (χ3v) is 1.12. The molecule has 0 saturated carbocycles. The Balaban J connectivity index is 3.12. The number of hydrogen-bond donors (Lipinski definition) is 0. The van der Waals surface area contributed by atoms with Crippen molar-refractivity contribution in [2.75, 3.05) is 0 Å². The molecule has 2 nitrogen and oxygen atoms in total. The molecule has 1 heterocycles. The van der Waals surface area contributed by atoms with Crippen molar-refractivity contribution < 1.29 is 0 Å². The highest BCUT2D eigenvalue weighted by atomic mass is 15.3. The van der Waals surface area contributed by atoms with E-state index in [-0.39, 0.29) is 0 Å². The van der Waals surface area contributed by atoms with Gasteiger partial charge >= 0.3 is 0 Å². The summed E-state index contributed by atoms with van der Waals surface area (Å²) in [7, 11) is 0. The molecule has 0 aromatic carbocycles. The highest BCUT2D eigenvalue weighted by Crippen LogP contribution is 2.01. The van der Waals surface area contributed by atoms with Crippen molar-refractivity contribution >= 4 is 12.8 Å². The normalized spacial score (nSPS) is 8.89. The highest BCUT2D eigenvalue weighted by Gasteiger charge is 1.88. The summed E-state index contributed by atoms with van der Waals surface area (Å²) in [6.07, 6.45) is 3.55. The number of aromatic nitrogens is 1. The lowest BCUT2D eigenvalue weighted by Gasteiger charge is -1.92. The zero-order valence-electron chi connectivity index (χ0n) is 5.12. The van der Waals surface area contributed by atoms with Crippen molar-refractivity contribution in [3.8, 4) is 0 Å². The van der Waals surface area contributed by atoms with E-state index >= 15 is 0 Å². The summed E-state index contributed by atoms with van der Waals surface area (Å²) in [5.74, 6) is 0. The van der Waals surface area contributed by atoms with Gasteiger partial charge in [-0.2, -0.15) is 5.10 Å². The third kappa shape index (κ3) is 0.914. The first-order valence-corrected chi connectivity index (χ1v) is 2.65. The van der Waals surface area contributed by atoms with Crippen LogP contribution in [0.5, 0.6) is 0 Å². The number of hydrogen-bond acceptors (Lipinski definition) is 1. The summed E-state index contributed by atoms with van der Waals surface area (Å²) in [6.45, 7) is 6.98. The van der Waals surface area contributed by atoms with Gasteiger partial charge in [0.05, 0.1) is 5.69 Å². The van der Waals surface area contributed by atoms with Gasteiger partial charge in [0, 0.05) is 12.9 Å². The molecule has 1 aromatic heterocycles. The van der Waals surface area contributed by atoms with Crippen molar-refractivity contribution in [2.24, 2.45) is 5.10 Å². The van der Waals surface area contributed by atoms with E-state index in [1.807, 2.05) is 18.3 Å². The molecule has 0 spiro atoms. The minimum Gasteiger partial charge on any atom is -0.242 e. The van der Waals surface area contributed by atoms with Gasteiger partial charge in [0.1, 0.15) is 0 Å². The van der Waals surface area contributed by atoms with E-state index in [9.17, 15) is 0 Å². The first-order chi connectivity index (χ1) is 4.38. The maximum atomic E-state index is 3.70. The maximum absolute atomic E-state index is 3.70. The van der Waals surface area contributed by atoms with Gasteiger partial charge in [-0.3, -0.25) is 0 Å². The predicted molar refractivity (Wildman–Crippen MR) is 39.5 cm³/mol. The largest absolute Gasteiger partial charge is 0.242 e. The van der Waals surface area contributed by atoms with Crippen LogP contribution in [-0.2, 0) is 0 Å². The first kappa shape index (κ1) is 5.82. The molecule has 0 aliphatic rings. The molecule has 0 atom stereocenters. The molecule has 0 bridgehead atoms. The van der Waals surface area contributed by atoms with Gasteiger partial charge in [-0.15, -0.1) is 0 Å². The molecule has 0 saturated heterocycles. The van der Waals surface area contributed by atoms with Crippen LogP contribution in [0.3, 0.4) is 0 Å². The summed E-state index contributed by atoms with van der Waals surface area (Å²) >= 11 is 0. The van der Waals surface area contributed by atoms with Crippen molar-refractivity contribution in [2.45, 2.75) is 0 Å². The zero-order valence-corrected chi connectivity index (χ0v) is 5.12. The summed E-state index contributed by atoms with van der Waals surface area (Å²) in [4.78, 5) is 0. The Morgan fingerprint density at radius 3 is 2.89 bits per heavy atom. The Morgan fingerprint density at radius 1 is 1.67 bits per heavy atom. The molecule has 1 rings (SSSR count). The maximum Gasteiger partial charge on any atom is 0.0639 e. The standard InChI is InChI=1S/C7H8N2/c1-3-7-5-4-6-9(7)8-2/h3-6H,1-2H2. The van der Waals surface area contributed by atoms with Crippen molar-refractivity contribution in [1.29, 1.82) is 0 Å². The molecule has 0 amide bonds. The minimum absolute atomic E-state index is 0.963. The Hall–Kier alpha value is -1.31. The lowest BCUT2D eigenvalue weighted by molar-refractivity contribution is 0.887. The summed E-state index contributed by atoms with van der Waals surface area (Å²) in [6, 6.07) is 3.81. The molecule has 1 aromatic rings. The SMILES string of the molecule is C=Cc1cccn1N=C. The van der Waals surface area contributed by atoms with Crippen molar-refractivity contribution in [1.82, 2.24) is 4.68 Å². The Labute approximate surface area is 54.1 Å². The monoisotopic (exact) mass is 120 g/mol. The average Bonchev–Trinajstić information content (AvgIpc) is 2.33. The fraction of sp³-hybridized carbons (Fsp3) is 0. The van der Waals surface area contributed by atoms with Gasteiger partial charge in [-0.05, 0) is 18.2 Å². The Bertz CT molecular complexity index is 200. The summed E-state index contributed by atoms with van der Waals surface area (Å²) in [5, 5.41) is 3.70. The summed E-state index contributed by atoms with van der Waals surface area (Å²) < 4.78 is 1.66. The van der Waals surface area contributed by atoms with Gasteiger partial charge in [0.2, 0.25) is 0 Å². The fourth-order valence-electron chi connectivity index (χ4n) is 0.676. The van der Waals surface area contributed by atoms with Crippen LogP contribution in [0.1, 0.15) is 5.69 Å². The van der Waals surface area contributed by atoms with Crippen LogP contribution in [0.15, 0.2) is 30.0 Å². The molecular formula is C7H8N2. The quantitative estimate of drug-likeness (QED) is 0.527. The number of rotatable bonds is 2. The van der Waals surface area contributed by atoms with Crippen LogP contribution in [-0.4, -0.2) is 11.4 Å². The van der Waals surface area contributed by atoms with E-state index in [4.69, 9.17) is 0 Å². The Morgan fingerprint density at radius 2 is 2.44 bits per heavy atom. The first-order valence-electron chi connectivity index (χ1n) is 2.65. The summed E-state index contributed by atoms with van der Waals surface area (Å²) in [5.41, 5.74) is 0.963. The lowest BCUT2D eigenvalue weighted by atomic mass is 10.4. The molecule has 0 radical (unpaired) electrons. The molecule has 9 heavy (non-hydrogen) atoms. The minimum atomic E-state index is 0.963. The second kappa shape index (κ2) is 2.31. The average molecular weight is 120 g/mol. The zero-order chi connectivity index (χ0) is 6.69. The Kier molecular flexibility index (Phi) is 1.49. The smallest absolute Gasteiger partial charge is 0.0639 e. The van der Waals surface area contributed by atoms with E-state index in [0.717, 1.165) is 5.69 Å². The van der Waals surface area contributed by atoms with Crippen LogP contribution in [0.4, 0.5) is 0 Å². The van der Waals surface area contributed by atoms with Crippen LogP contribution in [0.25, 0.3) is 6.08 Å². The van der Waals surface area contributed by atoms with Gasteiger partial charge in [0.25, 0.3) is 0 Å². The highest BCUT2D eigenvalue weighted by molar-refractivity contribution is 5.43. The van der Waals surface area contributed by atoms with Crippen LogP contribution in [0, 0.1) is 0 Å². The molecule has 0 N–H and O–H groups in total. The molecule has 0 aliphatic carbocycles. The molecule has 46 valence electrons. The molecule has 2 heteroatoms. The van der Waals surface area contributed by atoms with Crippen LogP contribution in [0.2, 0.25) is 0 Å². The number of nitrogens with zero attached hydrogens (tertiary/aromatic N) is 2. The van der Waals surface area contributed by atoms with E-state index in [2.05, 4.69) is 18.4 Å². The van der Waals surface area contributed by atoms with E-state index in [1.54, 1.807) is 10.8 Å². The van der Waals surface area contributed by atoms with Gasteiger partial charge in [0.15, 0.2) is 0 Å². The predicted octanol–water partition coefficient (Wildman–Crippen LogP) is 1.59. The van der Waals surface area contributed by atoms with Gasteiger partial charge in [-0.1, -0.05) is 6.58 Å². The van der Waals surface area contributed by atoms with Crippen LogP contribution >= 0.6 is 0 Å². The molecular weight excluding hydrogens is 112 g/mol. The molecule has 0 aliphatic heterocycles. The van der Waals surface area contributed by atoms with Gasteiger partial charge in [-0.25, -0.2) is 4.68 Å². The van der Waals surface area contributed by atoms with Crippen molar-refractivity contribution in [3.05, 3.63) is 30.6 Å². The lowest BCUT2D eigenvalue weighted by Crippen LogP contribution is -1.85. The molecule has 0 fully saturated rings. The van der Waals surface area contributed by atoms with E-state index in [0.29, 0.717) is 0 Å². The third-order valence-electron chi connectivity index (χ3n) is 1.12. The van der Waals surface area contributed by atoms with E-state index in [1.165, 1.54) is 0 Å². The molecule has 0 unspecified atom stereocenters. The second-order valence-electron chi connectivity index (χ2n) is 1.62. The second-order valence-corrected chi connectivity index (χ2v) is 1.62. The fourth-order valence-corrected chi connectivity index (χ4v) is 0.676. The topological polar surface area (TPSA) is 17.3 Å². The van der Waals surface area contributed by atoms with Gasteiger partial charge < -0.3 is 0 Å².